The number of alkyl halides is 3. The molecule has 1 heterocycles. The molecule has 0 spiro atoms. The highest BCUT2D eigenvalue weighted by Crippen LogP contribution is 2.21. The Kier molecular flexibility index (Phi) is 6.42. The summed E-state index contributed by atoms with van der Waals surface area (Å²) in [6.45, 7) is -1.50. The largest absolute Gasteiger partial charge is 0.484 e. The molecule has 0 saturated carbocycles. The van der Waals surface area contributed by atoms with Crippen LogP contribution in [0.25, 0.3) is 0 Å². The van der Waals surface area contributed by atoms with Crippen molar-refractivity contribution in [3.63, 3.8) is 0 Å². The molecule has 0 unspecified atom stereocenters. The summed E-state index contributed by atoms with van der Waals surface area (Å²) >= 11 is 1.23. The molecule has 3 aromatic rings. The molecule has 0 atom stereocenters. The van der Waals surface area contributed by atoms with Crippen molar-refractivity contribution in [2.75, 3.05) is 6.61 Å². The lowest BCUT2D eigenvalue weighted by Crippen LogP contribution is -2.30. The van der Waals surface area contributed by atoms with Crippen molar-refractivity contribution in [2.45, 2.75) is 17.5 Å². The Morgan fingerprint density at radius 1 is 1.07 bits per heavy atom. The molecule has 0 aliphatic rings. The first kappa shape index (κ1) is 21.8. The Balaban J connectivity index is 1.64. The third kappa shape index (κ3) is 6.04. The Hall–Kier alpha value is -2.92. The van der Waals surface area contributed by atoms with E-state index in [4.69, 9.17) is 0 Å². The normalized spacial score (nSPS) is 11.8. The third-order valence-electron chi connectivity index (χ3n) is 3.75. The van der Waals surface area contributed by atoms with Gasteiger partial charge in [0.25, 0.3) is 15.9 Å². The fourth-order valence-electron chi connectivity index (χ4n) is 2.38. The number of nitrogens with zero attached hydrogens (tertiary/aromatic N) is 1. The number of benzene rings is 2. The molecule has 0 aliphatic carbocycles. The quantitative estimate of drug-likeness (QED) is 0.585. The van der Waals surface area contributed by atoms with Crippen LogP contribution in [0, 0.1) is 0 Å². The maximum absolute atomic E-state index is 12.4. The van der Waals surface area contributed by atoms with Crippen molar-refractivity contribution in [3.05, 3.63) is 76.2 Å². The molecule has 0 radical (unpaired) electrons. The second-order valence-corrected chi connectivity index (χ2v) is 8.72. The van der Waals surface area contributed by atoms with Crippen LogP contribution in [0.2, 0.25) is 0 Å². The zero-order valence-electron chi connectivity index (χ0n) is 15.2. The minimum atomic E-state index is -4.51. The number of halogens is 3. The van der Waals surface area contributed by atoms with Gasteiger partial charge in [0.2, 0.25) is 0 Å². The van der Waals surface area contributed by atoms with Gasteiger partial charge in [-0.1, -0.05) is 30.3 Å². The number of rotatable bonds is 7. The average Bonchev–Trinajstić information content (AvgIpc) is 3.15. The zero-order chi connectivity index (χ0) is 21.8. The first-order chi connectivity index (χ1) is 14.1. The Morgan fingerprint density at radius 2 is 1.73 bits per heavy atom. The molecule has 1 N–H and O–H groups in total. The highest BCUT2D eigenvalue weighted by Gasteiger charge is 2.28. The van der Waals surface area contributed by atoms with Gasteiger partial charge in [0.15, 0.2) is 6.61 Å². The molecular weight excluding hydrogens is 441 g/mol. The highest BCUT2D eigenvalue weighted by molar-refractivity contribution is 7.90. The lowest BCUT2D eigenvalue weighted by molar-refractivity contribution is -0.153. The molecule has 30 heavy (non-hydrogen) atoms. The summed E-state index contributed by atoms with van der Waals surface area (Å²) in [4.78, 5) is 16.1. The standard InChI is InChI=1S/C19H15F3N2O4S2/c20-19(21,22)12-28-14-6-8-15(9-7-14)30(26,27)24-18(25)16-11-29-17(23-16)10-13-4-2-1-3-5-13/h1-9,11H,10,12H2,(H,24,25). The van der Waals surface area contributed by atoms with Gasteiger partial charge in [-0.3, -0.25) is 4.79 Å². The highest BCUT2D eigenvalue weighted by atomic mass is 32.2. The van der Waals surface area contributed by atoms with Gasteiger partial charge in [0.1, 0.15) is 11.4 Å². The number of sulfonamides is 1. The maximum atomic E-state index is 12.4. The maximum Gasteiger partial charge on any atom is 0.422 e. The predicted octanol–water partition coefficient (Wildman–Crippen LogP) is 3.79. The first-order valence-electron chi connectivity index (χ1n) is 8.47. The van der Waals surface area contributed by atoms with Crippen LogP contribution in [0.5, 0.6) is 5.75 Å². The van der Waals surface area contributed by atoms with Crippen molar-refractivity contribution in [2.24, 2.45) is 0 Å². The van der Waals surface area contributed by atoms with Crippen molar-refractivity contribution in [3.8, 4) is 5.75 Å². The van der Waals surface area contributed by atoms with Crippen LogP contribution in [-0.2, 0) is 16.4 Å². The lowest BCUT2D eigenvalue weighted by Gasteiger charge is -2.10. The van der Waals surface area contributed by atoms with Crippen LogP contribution in [0.4, 0.5) is 13.2 Å². The summed E-state index contributed by atoms with van der Waals surface area (Å²) in [7, 11) is -4.23. The molecule has 6 nitrogen and oxygen atoms in total. The minimum Gasteiger partial charge on any atom is -0.484 e. The summed E-state index contributed by atoms with van der Waals surface area (Å²) in [5, 5.41) is 2.10. The van der Waals surface area contributed by atoms with E-state index in [2.05, 4.69) is 9.72 Å². The molecule has 0 fully saturated rings. The number of thiazole rings is 1. The van der Waals surface area contributed by atoms with Gasteiger partial charge < -0.3 is 4.74 Å². The van der Waals surface area contributed by atoms with Gasteiger partial charge in [-0.15, -0.1) is 11.3 Å². The molecule has 1 aromatic heterocycles. The van der Waals surface area contributed by atoms with Crippen LogP contribution in [0.3, 0.4) is 0 Å². The van der Waals surface area contributed by atoms with E-state index in [1.54, 1.807) is 0 Å². The molecular formula is C19H15F3N2O4S2. The SMILES string of the molecule is O=C(NS(=O)(=O)c1ccc(OCC(F)(F)F)cc1)c1csc(Cc2ccccc2)n1. The van der Waals surface area contributed by atoms with Gasteiger partial charge in [0, 0.05) is 11.8 Å². The fraction of sp³-hybridized carbons (Fsp3) is 0.158. The predicted molar refractivity (Wildman–Crippen MR) is 104 cm³/mol. The van der Waals surface area contributed by atoms with E-state index < -0.39 is 28.7 Å². The molecule has 0 bridgehead atoms. The molecule has 0 aliphatic heterocycles. The smallest absolute Gasteiger partial charge is 0.422 e. The fourth-order valence-corrected chi connectivity index (χ4v) is 4.15. The molecule has 0 saturated heterocycles. The van der Waals surface area contributed by atoms with E-state index in [9.17, 15) is 26.4 Å². The summed E-state index contributed by atoms with van der Waals surface area (Å²) in [5.41, 5.74) is 0.957. The summed E-state index contributed by atoms with van der Waals surface area (Å²) in [5.74, 6) is -1.05. The van der Waals surface area contributed by atoms with Crippen molar-refractivity contribution < 1.29 is 31.1 Å². The molecule has 1 amide bonds. The number of carbonyl (C=O) groups excluding carboxylic acids is 1. The van der Waals surface area contributed by atoms with E-state index in [1.807, 2.05) is 35.1 Å². The average molecular weight is 456 g/mol. The Bertz CT molecular complexity index is 1110. The van der Waals surface area contributed by atoms with Gasteiger partial charge >= 0.3 is 6.18 Å². The van der Waals surface area contributed by atoms with Crippen molar-refractivity contribution >= 4 is 27.3 Å². The van der Waals surface area contributed by atoms with Crippen LogP contribution in [-0.4, -0.2) is 32.1 Å². The van der Waals surface area contributed by atoms with Gasteiger partial charge in [0.05, 0.1) is 9.90 Å². The van der Waals surface area contributed by atoms with Gasteiger partial charge in [-0.2, -0.15) is 13.2 Å². The Morgan fingerprint density at radius 3 is 2.37 bits per heavy atom. The molecule has 2 aromatic carbocycles. The second kappa shape index (κ2) is 8.84. The minimum absolute atomic E-state index is 0.0420. The molecule has 158 valence electrons. The van der Waals surface area contributed by atoms with Crippen LogP contribution < -0.4 is 9.46 Å². The number of amides is 1. The first-order valence-corrected chi connectivity index (χ1v) is 10.8. The third-order valence-corrected chi connectivity index (χ3v) is 5.94. The van der Waals surface area contributed by atoms with Gasteiger partial charge in [-0.25, -0.2) is 18.1 Å². The molecule has 11 heteroatoms. The number of ether oxygens (including phenoxy) is 1. The summed E-state index contributed by atoms with van der Waals surface area (Å²) in [6.07, 6.45) is -4.00. The zero-order valence-corrected chi connectivity index (χ0v) is 16.9. The lowest BCUT2D eigenvalue weighted by atomic mass is 10.2. The van der Waals surface area contributed by atoms with Crippen LogP contribution >= 0.6 is 11.3 Å². The van der Waals surface area contributed by atoms with Gasteiger partial charge in [-0.05, 0) is 29.8 Å². The monoisotopic (exact) mass is 456 g/mol. The van der Waals surface area contributed by atoms with Crippen LogP contribution in [0.1, 0.15) is 21.1 Å². The second-order valence-electron chi connectivity index (χ2n) is 6.10. The van der Waals surface area contributed by atoms with Crippen LogP contribution in [0.15, 0.2) is 64.9 Å². The Labute approximate surface area is 174 Å². The van der Waals surface area contributed by atoms with E-state index in [0.29, 0.717) is 11.4 Å². The summed E-state index contributed by atoms with van der Waals surface area (Å²) < 4.78 is 67.6. The van der Waals surface area contributed by atoms with E-state index in [0.717, 1.165) is 29.8 Å². The number of carbonyl (C=O) groups is 1. The topological polar surface area (TPSA) is 85.4 Å². The number of hydrogen-bond donors (Lipinski definition) is 1. The van der Waals surface area contributed by atoms with E-state index in [1.165, 1.54) is 16.7 Å². The van der Waals surface area contributed by atoms with E-state index >= 15 is 0 Å². The number of aromatic nitrogens is 1. The van der Waals surface area contributed by atoms with Crippen molar-refractivity contribution in [1.82, 2.24) is 9.71 Å². The molecule has 3 rings (SSSR count). The summed E-state index contributed by atoms with van der Waals surface area (Å²) in [6, 6.07) is 13.7. The number of hydrogen-bond acceptors (Lipinski definition) is 6. The number of nitrogens with one attached hydrogen (secondary N) is 1. The van der Waals surface area contributed by atoms with Crippen molar-refractivity contribution in [1.29, 1.82) is 0 Å². The van der Waals surface area contributed by atoms with E-state index in [-0.39, 0.29) is 16.3 Å².